The molecule has 0 unspecified atom stereocenters. The van der Waals surface area contributed by atoms with E-state index >= 15 is 0 Å². The molecule has 7 nitrogen and oxygen atoms in total. The number of carbonyl (C=O) groups excluding carboxylic acids is 1. The summed E-state index contributed by atoms with van der Waals surface area (Å²) in [5.74, 6) is -0.678. The van der Waals surface area contributed by atoms with Crippen molar-refractivity contribution in [3.05, 3.63) is 29.3 Å². The minimum absolute atomic E-state index is 0. The zero-order valence-electron chi connectivity index (χ0n) is 13.4. The number of esters is 1. The molecule has 132 valence electrons. The molecule has 1 aromatic carbocycles. The van der Waals surface area contributed by atoms with Gasteiger partial charge in [-0.2, -0.15) is 0 Å². The first-order valence-corrected chi connectivity index (χ1v) is 8.29. The minimum atomic E-state index is -3.78. The van der Waals surface area contributed by atoms with Gasteiger partial charge in [-0.25, -0.2) is 17.9 Å². The molecule has 0 aromatic heterocycles. The number of hydrogen-bond acceptors (Lipinski definition) is 6. The van der Waals surface area contributed by atoms with Gasteiger partial charge in [0.1, 0.15) is 0 Å². The summed E-state index contributed by atoms with van der Waals surface area (Å²) in [6.45, 7) is 3.63. The Labute approximate surface area is 143 Å². The molecule has 0 radical (unpaired) electrons. The molecule has 23 heavy (non-hydrogen) atoms. The van der Waals surface area contributed by atoms with Crippen LogP contribution in [0.2, 0.25) is 0 Å². The van der Waals surface area contributed by atoms with Crippen molar-refractivity contribution >= 4 is 28.4 Å². The van der Waals surface area contributed by atoms with Gasteiger partial charge in [-0.3, -0.25) is 0 Å². The molecule has 2 N–H and O–H groups in total. The number of benzene rings is 1. The maximum absolute atomic E-state index is 12.3. The average molecular weight is 367 g/mol. The first kappa shape index (κ1) is 21.8. The molecule has 0 fully saturated rings. The summed E-state index contributed by atoms with van der Waals surface area (Å²) >= 11 is 0. The summed E-state index contributed by atoms with van der Waals surface area (Å²) < 4.78 is 36.6. The van der Waals surface area contributed by atoms with E-state index in [1.807, 2.05) is 0 Å². The zero-order chi connectivity index (χ0) is 16.6. The van der Waals surface area contributed by atoms with Gasteiger partial charge in [-0.15, -0.1) is 12.4 Å². The lowest BCUT2D eigenvalue weighted by atomic mass is 10.1. The van der Waals surface area contributed by atoms with E-state index in [-0.39, 0.29) is 29.4 Å². The molecule has 9 heteroatoms. The van der Waals surface area contributed by atoms with Crippen LogP contribution in [0.25, 0.3) is 0 Å². The molecule has 0 amide bonds. The third-order valence-electron chi connectivity index (χ3n) is 2.91. The number of methoxy groups -OCH3 is 2. The van der Waals surface area contributed by atoms with Crippen LogP contribution < -0.4 is 10.0 Å². The Balaban J connectivity index is 0.00000484. The minimum Gasteiger partial charge on any atom is -0.465 e. The molecule has 0 aliphatic carbocycles. The van der Waals surface area contributed by atoms with Crippen LogP contribution in [-0.2, 0) is 19.5 Å². The normalized spacial score (nSPS) is 10.9. The van der Waals surface area contributed by atoms with Crippen molar-refractivity contribution in [1.29, 1.82) is 0 Å². The molecule has 0 aliphatic rings. The number of hydrogen-bond donors (Lipinski definition) is 2. The second kappa shape index (κ2) is 10.6. The predicted molar refractivity (Wildman–Crippen MR) is 89.7 cm³/mol. The van der Waals surface area contributed by atoms with E-state index in [1.165, 1.54) is 19.2 Å². The van der Waals surface area contributed by atoms with E-state index in [0.29, 0.717) is 19.7 Å². The van der Waals surface area contributed by atoms with Crippen molar-refractivity contribution < 1.29 is 22.7 Å². The Morgan fingerprint density at radius 1 is 1.17 bits per heavy atom. The molecular weight excluding hydrogens is 344 g/mol. The summed E-state index contributed by atoms with van der Waals surface area (Å²) in [6, 6.07) is 4.54. The number of aryl methyl sites for hydroxylation is 1. The fourth-order valence-electron chi connectivity index (χ4n) is 1.80. The van der Waals surface area contributed by atoms with Gasteiger partial charge in [0.05, 0.1) is 24.2 Å². The van der Waals surface area contributed by atoms with E-state index in [9.17, 15) is 13.2 Å². The molecule has 0 saturated heterocycles. The summed E-state index contributed by atoms with van der Waals surface area (Å²) in [5.41, 5.74) is 0.808. The molecule has 1 rings (SSSR count). The van der Waals surface area contributed by atoms with E-state index in [4.69, 9.17) is 4.74 Å². The van der Waals surface area contributed by atoms with Gasteiger partial charge in [0.15, 0.2) is 0 Å². The number of halogens is 1. The topological polar surface area (TPSA) is 93.7 Å². The Morgan fingerprint density at radius 3 is 2.48 bits per heavy atom. The lowest BCUT2D eigenvalue weighted by molar-refractivity contribution is 0.0596. The molecule has 0 spiro atoms. The number of rotatable bonds is 9. The first-order chi connectivity index (χ1) is 10.4. The second-order valence-electron chi connectivity index (χ2n) is 4.63. The third kappa shape index (κ3) is 6.84. The SMILES string of the molecule is COCCNCCNS(=O)(=O)c1ccc(C)cc1C(=O)OC.Cl. The van der Waals surface area contributed by atoms with Crippen molar-refractivity contribution in [3.8, 4) is 0 Å². The van der Waals surface area contributed by atoms with E-state index in [1.54, 1.807) is 20.1 Å². The maximum Gasteiger partial charge on any atom is 0.339 e. The Morgan fingerprint density at radius 2 is 1.87 bits per heavy atom. The van der Waals surface area contributed by atoms with Crippen LogP contribution in [0.5, 0.6) is 0 Å². The van der Waals surface area contributed by atoms with Gasteiger partial charge in [-0.05, 0) is 19.1 Å². The van der Waals surface area contributed by atoms with E-state index in [2.05, 4.69) is 14.8 Å². The number of nitrogens with one attached hydrogen (secondary N) is 2. The van der Waals surface area contributed by atoms with Crippen molar-refractivity contribution in [2.75, 3.05) is 40.5 Å². The molecule has 1 aromatic rings. The largest absolute Gasteiger partial charge is 0.465 e. The fourth-order valence-corrected chi connectivity index (χ4v) is 3.00. The summed E-state index contributed by atoms with van der Waals surface area (Å²) in [7, 11) is -0.968. The van der Waals surface area contributed by atoms with E-state index < -0.39 is 16.0 Å². The monoisotopic (exact) mass is 366 g/mol. The van der Waals surface area contributed by atoms with Crippen LogP contribution in [0.4, 0.5) is 0 Å². The van der Waals surface area contributed by atoms with Crippen molar-refractivity contribution in [3.63, 3.8) is 0 Å². The van der Waals surface area contributed by atoms with E-state index in [0.717, 1.165) is 5.56 Å². The van der Waals surface area contributed by atoms with Crippen molar-refractivity contribution in [2.45, 2.75) is 11.8 Å². The number of carbonyl (C=O) groups is 1. The zero-order valence-corrected chi connectivity index (χ0v) is 15.1. The Bertz CT molecular complexity index is 607. The molecule has 0 bridgehead atoms. The van der Waals surface area contributed by atoms with Crippen molar-refractivity contribution in [2.24, 2.45) is 0 Å². The molecule has 0 heterocycles. The van der Waals surface area contributed by atoms with Gasteiger partial charge in [0, 0.05) is 26.7 Å². The van der Waals surface area contributed by atoms with Crippen LogP contribution in [-0.4, -0.2) is 54.8 Å². The standard InChI is InChI=1S/C14H22N2O5S.ClH/c1-11-4-5-13(12(10-11)14(17)21-3)22(18,19)16-7-6-15-8-9-20-2;/h4-5,10,15-16H,6-9H2,1-3H3;1H. The molecular formula is C14H23ClN2O5S. The average Bonchev–Trinajstić information content (AvgIpc) is 2.49. The maximum atomic E-state index is 12.3. The van der Waals surface area contributed by atoms with Gasteiger partial charge in [-0.1, -0.05) is 11.6 Å². The summed E-state index contributed by atoms with van der Waals surface area (Å²) in [4.78, 5) is 11.7. The lowest BCUT2D eigenvalue weighted by Gasteiger charge is -2.11. The highest BCUT2D eigenvalue weighted by Gasteiger charge is 2.22. The highest BCUT2D eigenvalue weighted by Crippen LogP contribution is 2.18. The highest BCUT2D eigenvalue weighted by molar-refractivity contribution is 7.89. The fraction of sp³-hybridized carbons (Fsp3) is 0.500. The summed E-state index contributed by atoms with van der Waals surface area (Å²) in [6.07, 6.45) is 0. The summed E-state index contributed by atoms with van der Waals surface area (Å²) in [5, 5.41) is 3.02. The molecule has 0 saturated carbocycles. The number of ether oxygens (including phenoxy) is 2. The number of sulfonamides is 1. The molecule has 0 atom stereocenters. The third-order valence-corrected chi connectivity index (χ3v) is 4.43. The van der Waals surface area contributed by atoms with Gasteiger partial charge in [0.2, 0.25) is 10.0 Å². The first-order valence-electron chi connectivity index (χ1n) is 6.80. The van der Waals surface area contributed by atoms with Crippen LogP contribution in [0.15, 0.2) is 23.1 Å². The quantitative estimate of drug-likeness (QED) is 0.494. The second-order valence-corrected chi connectivity index (χ2v) is 6.37. The van der Waals surface area contributed by atoms with Crippen LogP contribution in [0.3, 0.4) is 0 Å². The van der Waals surface area contributed by atoms with Crippen LogP contribution >= 0.6 is 12.4 Å². The predicted octanol–water partition coefficient (Wildman–Crippen LogP) is 0.718. The van der Waals surface area contributed by atoms with Crippen LogP contribution in [0.1, 0.15) is 15.9 Å². The van der Waals surface area contributed by atoms with Crippen molar-refractivity contribution in [1.82, 2.24) is 10.0 Å². The smallest absolute Gasteiger partial charge is 0.339 e. The van der Waals surface area contributed by atoms with Gasteiger partial charge >= 0.3 is 5.97 Å². The Hall–Kier alpha value is -1.19. The molecule has 0 aliphatic heterocycles. The van der Waals surface area contributed by atoms with Gasteiger partial charge < -0.3 is 14.8 Å². The van der Waals surface area contributed by atoms with Crippen LogP contribution in [0, 0.1) is 6.92 Å². The Kier molecular flexibility index (Phi) is 10.0. The lowest BCUT2D eigenvalue weighted by Crippen LogP contribution is -2.33. The van der Waals surface area contributed by atoms with Gasteiger partial charge in [0.25, 0.3) is 0 Å². The highest BCUT2D eigenvalue weighted by atomic mass is 35.5.